The Labute approximate surface area is 184 Å². The van der Waals surface area contributed by atoms with E-state index in [0.717, 1.165) is 22.3 Å². The minimum atomic E-state index is -0.643. The van der Waals surface area contributed by atoms with Crippen molar-refractivity contribution in [2.45, 2.75) is 24.0 Å². The number of nitrogens with one attached hydrogen (secondary N) is 2. The highest BCUT2D eigenvalue weighted by atomic mass is 16.6. The Morgan fingerprint density at radius 2 is 0.969 bits per heavy atom. The lowest BCUT2D eigenvalue weighted by Crippen LogP contribution is -2.51. The zero-order valence-corrected chi connectivity index (χ0v) is 17.0. The van der Waals surface area contributed by atoms with Crippen LogP contribution in [-0.4, -0.2) is 34.1 Å². The van der Waals surface area contributed by atoms with Gasteiger partial charge in [-0.2, -0.15) is 0 Å². The van der Waals surface area contributed by atoms with Gasteiger partial charge in [-0.25, -0.2) is 9.59 Å². The van der Waals surface area contributed by atoms with Gasteiger partial charge < -0.3 is 19.4 Å². The second kappa shape index (κ2) is 7.27. The molecule has 0 spiro atoms. The summed E-state index contributed by atoms with van der Waals surface area (Å²) in [6.07, 6.45) is 5.28. The molecule has 6 nitrogen and oxygen atoms in total. The minimum Gasteiger partial charge on any atom is -0.454 e. The molecule has 2 N–H and O–H groups in total. The molecule has 158 valence electrons. The van der Waals surface area contributed by atoms with E-state index >= 15 is 0 Å². The first kappa shape index (κ1) is 18.7. The molecule has 4 aromatic rings. The van der Waals surface area contributed by atoms with E-state index in [2.05, 4.69) is 34.2 Å². The first-order valence-corrected chi connectivity index (χ1v) is 10.6. The molecule has 7 rings (SSSR count). The number of hydrogen-bond donors (Lipinski definition) is 2. The molecule has 2 heterocycles. The van der Waals surface area contributed by atoms with Crippen molar-refractivity contribution >= 4 is 11.9 Å². The standard InChI is InChI=1S/C26H20N2O4/c29-25(15-9-11-27-13-15)31-23-21-17-5-1-2-6-18(17)22(20-8-4-3-7-19(20)21)24(23)32-26(30)16-10-12-28-14-16/h1-14,21-24,27-28H/t21-,22-,23?,24?. The summed E-state index contributed by atoms with van der Waals surface area (Å²) in [4.78, 5) is 31.7. The van der Waals surface area contributed by atoms with Gasteiger partial charge in [-0.3, -0.25) is 0 Å². The number of H-pyrrole nitrogens is 2. The average Bonchev–Trinajstić information content (AvgIpc) is 3.55. The van der Waals surface area contributed by atoms with E-state index in [1.54, 1.807) is 36.9 Å². The number of esters is 2. The number of carbonyl (C=O) groups excluding carboxylic acids is 2. The van der Waals surface area contributed by atoms with Crippen LogP contribution in [0.1, 0.15) is 54.8 Å². The Bertz CT molecular complexity index is 1150. The molecule has 2 aromatic heterocycles. The zero-order valence-electron chi connectivity index (χ0n) is 17.0. The molecule has 3 aliphatic rings. The number of fused-ring (bicyclic) bond motifs is 1. The predicted molar refractivity (Wildman–Crippen MR) is 117 cm³/mol. The lowest BCUT2D eigenvalue weighted by molar-refractivity contribution is -0.0557. The third-order valence-electron chi connectivity index (χ3n) is 6.47. The van der Waals surface area contributed by atoms with E-state index in [9.17, 15) is 9.59 Å². The smallest absolute Gasteiger partial charge is 0.340 e. The molecule has 32 heavy (non-hydrogen) atoms. The highest BCUT2D eigenvalue weighted by molar-refractivity contribution is 5.90. The number of ether oxygens (including phenoxy) is 2. The van der Waals surface area contributed by atoms with Crippen LogP contribution in [0.3, 0.4) is 0 Å². The fourth-order valence-corrected chi connectivity index (χ4v) is 5.13. The molecule has 0 aliphatic heterocycles. The molecule has 0 saturated heterocycles. The van der Waals surface area contributed by atoms with E-state index in [1.807, 2.05) is 24.3 Å². The minimum absolute atomic E-state index is 0.223. The van der Waals surface area contributed by atoms with Gasteiger partial charge in [0.05, 0.1) is 23.0 Å². The molecule has 2 unspecified atom stereocenters. The Balaban J connectivity index is 1.47. The van der Waals surface area contributed by atoms with E-state index < -0.39 is 24.1 Å². The van der Waals surface area contributed by atoms with Gasteiger partial charge in [0, 0.05) is 24.8 Å². The Kier molecular flexibility index (Phi) is 4.24. The van der Waals surface area contributed by atoms with E-state index in [4.69, 9.17) is 9.47 Å². The van der Waals surface area contributed by atoms with Crippen LogP contribution in [0.15, 0.2) is 85.5 Å². The van der Waals surface area contributed by atoms with Crippen molar-refractivity contribution in [1.82, 2.24) is 9.97 Å². The van der Waals surface area contributed by atoms with E-state index in [0.29, 0.717) is 11.1 Å². The highest BCUT2D eigenvalue weighted by Crippen LogP contribution is 2.54. The van der Waals surface area contributed by atoms with Crippen molar-refractivity contribution in [2.24, 2.45) is 0 Å². The van der Waals surface area contributed by atoms with Gasteiger partial charge in [0.1, 0.15) is 0 Å². The van der Waals surface area contributed by atoms with Gasteiger partial charge >= 0.3 is 11.9 Å². The molecule has 0 fully saturated rings. The number of benzene rings is 2. The van der Waals surface area contributed by atoms with Crippen molar-refractivity contribution < 1.29 is 19.1 Å². The van der Waals surface area contributed by atoms with Gasteiger partial charge in [-0.15, -0.1) is 0 Å². The van der Waals surface area contributed by atoms with Crippen LogP contribution < -0.4 is 0 Å². The molecule has 0 amide bonds. The third kappa shape index (κ3) is 2.80. The van der Waals surface area contributed by atoms with Crippen LogP contribution in [0, 0.1) is 0 Å². The second-order valence-corrected chi connectivity index (χ2v) is 8.15. The van der Waals surface area contributed by atoms with Crippen LogP contribution in [-0.2, 0) is 9.47 Å². The molecular formula is C26H20N2O4. The van der Waals surface area contributed by atoms with Gasteiger partial charge in [-0.1, -0.05) is 48.5 Å². The molecular weight excluding hydrogens is 404 g/mol. The summed E-state index contributed by atoms with van der Waals surface area (Å²) < 4.78 is 12.1. The van der Waals surface area contributed by atoms with Crippen molar-refractivity contribution in [1.29, 1.82) is 0 Å². The van der Waals surface area contributed by atoms with Crippen molar-refractivity contribution in [3.05, 3.63) is 119 Å². The monoisotopic (exact) mass is 424 g/mol. The fraction of sp³-hybridized carbons (Fsp3) is 0.154. The maximum atomic E-state index is 12.9. The SMILES string of the molecule is O=C(OC1C(OC(=O)c2cc[nH]c2)[C@H]2c3ccccc3[C@H]1c1ccccc12)c1cc[nH]c1. The third-order valence-corrected chi connectivity index (χ3v) is 6.47. The first-order chi connectivity index (χ1) is 15.7. The molecule has 0 saturated carbocycles. The summed E-state index contributed by atoms with van der Waals surface area (Å²) in [7, 11) is 0. The zero-order chi connectivity index (χ0) is 21.7. The van der Waals surface area contributed by atoms with Crippen molar-refractivity contribution in [3.63, 3.8) is 0 Å². The van der Waals surface area contributed by atoms with E-state index in [1.165, 1.54) is 0 Å². The normalized spacial score (nSPS) is 22.6. The summed E-state index contributed by atoms with van der Waals surface area (Å²) in [5.74, 6) is -1.33. The molecule has 3 aliphatic carbocycles. The Hall–Kier alpha value is -4.06. The second-order valence-electron chi connectivity index (χ2n) is 8.15. The number of aromatic nitrogens is 2. The van der Waals surface area contributed by atoms with Crippen LogP contribution in [0.2, 0.25) is 0 Å². The van der Waals surface area contributed by atoms with Crippen molar-refractivity contribution in [2.75, 3.05) is 0 Å². The molecule has 2 aromatic carbocycles. The first-order valence-electron chi connectivity index (χ1n) is 10.6. The van der Waals surface area contributed by atoms with Crippen LogP contribution in [0.5, 0.6) is 0 Å². The lowest BCUT2D eigenvalue weighted by atomic mass is 9.61. The maximum Gasteiger partial charge on any atom is 0.340 e. The lowest BCUT2D eigenvalue weighted by Gasteiger charge is -2.48. The Morgan fingerprint density at radius 3 is 1.28 bits per heavy atom. The number of aromatic amines is 2. The summed E-state index contributed by atoms with van der Waals surface area (Å²) >= 11 is 0. The average molecular weight is 424 g/mol. The predicted octanol–water partition coefficient (Wildman–Crippen LogP) is 4.38. The van der Waals surface area contributed by atoms with E-state index in [-0.39, 0.29) is 11.8 Å². The number of carbonyl (C=O) groups is 2. The van der Waals surface area contributed by atoms with Crippen LogP contribution in [0.25, 0.3) is 0 Å². The molecule has 0 radical (unpaired) electrons. The summed E-state index contributed by atoms with van der Waals surface area (Å²) in [5.41, 5.74) is 5.30. The van der Waals surface area contributed by atoms with Gasteiger partial charge in [0.25, 0.3) is 0 Å². The molecule has 6 heteroatoms. The largest absolute Gasteiger partial charge is 0.454 e. The molecule has 2 bridgehead atoms. The summed E-state index contributed by atoms with van der Waals surface area (Å²) in [5, 5.41) is 0. The topological polar surface area (TPSA) is 84.2 Å². The summed E-state index contributed by atoms with van der Waals surface area (Å²) in [6, 6.07) is 19.6. The van der Waals surface area contributed by atoms with Crippen LogP contribution in [0.4, 0.5) is 0 Å². The van der Waals surface area contributed by atoms with Crippen molar-refractivity contribution in [3.8, 4) is 0 Å². The number of hydrogen-bond acceptors (Lipinski definition) is 4. The maximum absolute atomic E-state index is 12.9. The quantitative estimate of drug-likeness (QED) is 0.476. The number of rotatable bonds is 4. The summed E-state index contributed by atoms with van der Waals surface area (Å²) in [6.45, 7) is 0. The van der Waals surface area contributed by atoms with Gasteiger partial charge in [-0.05, 0) is 34.4 Å². The Morgan fingerprint density at radius 1 is 0.594 bits per heavy atom. The van der Waals surface area contributed by atoms with Gasteiger partial charge in [0.15, 0.2) is 12.2 Å². The fourth-order valence-electron chi connectivity index (χ4n) is 5.13. The molecule has 2 atom stereocenters. The van der Waals surface area contributed by atoms with Gasteiger partial charge in [0.2, 0.25) is 0 Å². The van der Waals surface area contributed by atoms with Crippen LogP contribution >= 0.6 is 0 Å². The highest BCUT2D eigenvalue weighted by Gasteiger charge is 2.53.